The van der Waals surface area contributed by atoms with Crippen molar-refractivity contribution in [3.8, 4) is 0 Å². The van der Waals surface area contributed by atoms with Gasteiger partial charge in [0, 0.05) is 23.0 Å². The van der Waals surface area contributed by atoms with Crippen LogP contribution in [0, 0.1) is 0 Å². The van der Waals surface area contributed by atoms with Gasteiger partial charge in [-0.2, -0.15) is 13.2 Å². The summed E-state index contributed by atoms with van der Waals surface area (Å²) in [6.07, 6.45) is -1.15. The van der Waals surface area contributed by atoms with Crippen molar-refractivity contribution in [3.05, 3.63) is 48.0 Å². The number of aromatic nitrogens is 2. The van der Waals surface area contributed by atoms with Crippen LogP contribution in [0.2, 0.25) is 0 Å². The summed E-state index contributed by atoms with van der Waals surface area (Å²) in [6, 6.07) is 5.02. The number of alkyl halides is 3. The number of rotatable bonds is 3. The highest BCUT2D eigenvalue weighted by Crippen LogP contribution is 2.34. The minimum atomic E-state index is -4.38. The number of thioether (sulfide) groups is 1. The first-order valence-corrected chi connectivity index (χ1v) is 6.31. The molecule has 0 saturated carbocycles. The second-order valence-electron chi connectivity index (χ2n) is 3.70. The highest BCUT2D eigenvalue weighted by Gasteiger charge is 2.30. The summed E-state index contributed by atoms with van der Waals surface area (Å²) in [7, 11) is 0. The number of anilines is 1. The third-order valence-electron chi connectivity index (χ3n) is 2.31. The fraction of sp³-hybridized carbons (Fsp3) is 0.167. The Morgan fingerprint density at radius 2 is 1.84 bits per heavy atom. The average Bonchev–Trinajstić information content (AvgIpc) is 2.37. The normalized spacial score (nSPS) is 11.5. The van der Waals surface area contributed by atoms with Crippen LogP contribution in [0.5, 0.6) is 0 Å². The molecule has 1 heterocycles. The Bertz CT molecular complexity index is 558. The maximum Gasteiger partial charge on any atom is 0.416 e. The van der Waals surface area contributed by atoms with Crippen LogP contribution in [-0.2, 0) is 11.9 Å². The van der Waals surface area contributed by atoms with Gasteiger partial charge in [-0.25, -0.2) is 9.97 Å². The van der Waals surface area contributed by atoms with Gasteiger partial charge in [0.15, 0.2) is 0 Å². The highest BCUT2D eigenvalue weighted by molar-refractivity contribution is 7.98. The molecule has 7 heteroatoms. The van der Waals surface area contributed by atoms with E-state index < -0.39 is 11.7 Å². The Hall–Kier alpha value is -1.76. The second kappa shape index (κ2) is 5.48. The summed E-state index contributed by atoms with van der Waals surface area (Å²) in [5.41, 5.74) is 4.98. The van der Waals surface area contributed by atoms with Gasteiger partial charge in [-0.3, -0.25) is 0 Å². The van der Waals surface area contributed by atoms with Crippen LogP contribution in [0.25, 0.3) is 0 Å². The third-order valence-corrected chi connectivity index (χ3v) is 3.40. The first kappa shape index (κ1) is 13.7. The molecule has 0 radical (unpaired) electrons. The Morgan fingerprint density at radius 3 is 2.42 bits per heavy atom. The lowest BCUT2D eigenvalue weighted by Gasteiger charge is -2.10. The Morgan fingerprint density at radius 1 is 1.16 bits per heavy atom. The van der Waals surface area contributed by atoms with Crippen LogP contribution in [0.4, 0.5) is 18.9 Å². The highest BCUT2D eigenvalue weighted by atomic mass is 32.2. The Labute approximate surface area is 112 Å². The molecule has 2 N–H and O–H groups in total. The molecule has 1 aromatic carbocycles. The second-order valence-corrected chi connectivity index (χ2v) is 4.72. The number of hydrogen-bond donors (Lipinski definition) is 1. The van der Waals surface area contributed by atoms with Gasteiger partial charge in [0.25, 0.3) is 0 Å². The lowest BCUT2D eigenvalue weighted by Crippen LogP contribution is -2.05. The Kier molecular flexibility index (Phi) is 3.94. The molecular weight excluding hydrogens is 275 g/mol. The maximum atomic E-state index is 12.5. The van der Waals surface area contributed by atoms with Crippen LogP contribution < -0.4 is 5.73 Å². The molecule has 0 unspecified atom stereocenters. The molecule has 0 atom stereocenters. The van der Waals surface area contributed by atoms with Crippen molar-refractivity contribution >= 4 is 17.4 Å². The van der Waals surface area contributed by atoms with Gasteiger partial charge < -0.3 is 5.73 Å². The average molecular weight is 285 g/mol. The van der Waals surface area contributed by atoms with Crippen molar-refractivity contribution in [2.24, 2.45) is 0 Å². The van der Waals surface area contributed by atoms with Crippen molar-refractivity contribution < 1.29 is 13.2 Å². The summed E-state index contributed by atoms with van der Waals surface area (Å²) in [4.78, 5) is 8.64. The number of nitrogen functional groups attached to an aromatic ring is 1. The molecule has 3 nitrogen and oxygen atoms in total. The topological polar surface area (TPSA) is 51.8 Å². The predicted molar refractivity (Wildman–Crippen MR) is 67.4 cm³/mol. The number of nitrogens with zero attached hydrogens (tertiary/aromatic N) is 2. The summed E-state index contributed by atoms with van der Waals surface area (Å²) in [5.74, 6) is 1.06. The van der Waals surface area contributed by atoms with E-state index in [0.717, 1.165) is 12.1 Å². The molecule has 0 amide bonds. The van der Waals surface area contributed by atoms with Crippen molar-refractivity contribution in [2.45, 2.75) is 16.8 Å². The SMILES string of the molecule is Nc1cc(C(F)(F)F)ccc1SCc1ncccn1. The third kappa shape index (κ3) is 3.60. The van der Waals surface area contributed by atoms with E-state index in [1.54, 1.807) is 18.5 Å². The molecule has 19 heavy (non-hydrogen) atoms. The van der Waals surface area contributed by atoms with E-state index in [-0.39, 0.29) is 5.69 Å². The molecule has 0 aliphatic carbocycles. The lowest BCUT2D eigenvalue weighted by molar-refractivity contribution is -0.137. The number of nitrogens with two attached hydrogens (primary N) is 1. The summed E-state index contributed by atoms with van der Waals surface area (Å²) >= 11 is 1.30. The Balaban J connectivity index is 2.10. The van der Waals surface area contributed by atoms with Crippen LogP contribution in [-0.4, -0.2) is 9.97 Å². The number of halogens is 3. The molecule has 0 aliphatic heterocycles. The van der Waals surface area contributed by atoms with Gasteiger partial charge in [0.1, 0.15) is 5.82 Å². The minimum Gasteiger partial charge on any atom is -0.398 e. The summed E-state index contributed by atoms with van der Waals surface area (Å²) in [6.45, 7) is 0. The zero-order valence-corrected chi connectivity index (χ0v) is 10.5. The van der Waals surface area contributed by atoms with E-state index in [1.807, 2.05) is 0 Å². The zero-order chi connectivity index (χ0) is 13.9. The molecule has 0 bridgehead atoms. The number of hydrogen-bond acceptors (Lipinski definition) is 4. The first-order valence-electron chi connectivity index (χ1n) is 5.32. The predicted octanol–water partition coefficient (Wildman–Crippen LogP) is 3.37. The molecule has 0 spiro atoms. The van der Waals surface area contributed by atoms with Gasteiger partial charge in [-0.1, -0.05) is 0 Å². The molecule has 2 rings (SSSR count). The van der Waals surface area contributed by atoms with Gasteiger partial charge in [-0.05, 0) is 24.3 Å². The van der Waals surface area contributed by atoms with Crippen LogP contribution in [0.15, 0.2) is 41.6 Å². The molecule has 100 valence electrons. The van der Waals surface area contributed by atoms with Crippen LogP contribution in [0.1, 0.15) is 11.4 Å². The van der Waals surface area contributed by atoms with E-state index in [0.29, 0.717) is 16.5 Å². The van der Waals surface area contributed by atoms with E-state index in [2.05, 4.69) is 9.97 Å². The van der Waals surface area contributed by atoms with E-state index in [9.17, 15) is 13.2 Å². The molecule has 0 saturated heterocycles. The quantitative estimate of drug-likeness (QED) is 0.694. The molecule has 0 aliphatic rings. The smallest absolute Gasteiger partial charge is 0.398 e. The van der Waals surface area contributed by atoms with Crippen LogP contribution >= 0.6 is 11.8 Å². The fourth-order valence-electron chi connectivity index (χ4n) is 1.40. The van der Waals surface area contributed by atoms with Crippen molar-refractivity contribution in [1.29, 1.82) is 0 Å². The van der Waals surface area contributed by atoms with Gasteiger partial charge in [-0.15, -0.1) is 11.8 Å². The van der Waals surface area contributed by atoms with Crippen molar-refractivity contribution in [2.75, 3.05) is 5.73 Å². The molecule has 2 aromatic rings. The van der Waals surface area contributed by atoms with Gasteiger partial charge in [0.05, 0.1) is 11.3 Å². The number of benzene rings is 1. The van der Waals surface area contributed by atoms with Crippen LogP contribution in [0.3, 0.4) is 0 Å². The fourth-order valence-corrected chi connectivity index (χ4v) is 2.23. The van der Waals surface area contributed by atoms with Crippen molar-refractivity contribution in [3.63, 3.8) is 0 Å². The van der Waals surface area contributed by atoms with Crippen molar-refractivity contribution in [1.82, 2.24) is 9.97 Å². The largest absolute Gasteiger partial charge is 0.416 e. The van der Waals surface area contributed by atoms with E-state index >= 15 is 0 Å². The molecule has 1 aromatic heterocycles. The standard InChI is InChI=1S/C12H10F3N3S/c13-12(14,15)8-2-3-10(9(16)6-8)19-7-11-17-4-1-5-18-11/h1-6H,7,16H2. The maximum absolute atomic E-state index is 12.5. The lowest BCUT2D eigenvalue weighted by atomic mass is 10.2. The monoisotopic (exact) mass is 285 g/mol. The van der Waals surface area contributed by atoms with Gasteiger partial charge in [0.2, 0.25) is 0 Å². The van der Waals surface area contributed by atoms with E-state index in [4.69, 9.17) is 5.73 Å². The zero-order valence-electron chi connectivity index (χ0n) is 9.69. The summed E-state index contributed by atoms with van der Waals surface area (Å²) in [5, 5.41) is 0. The molecule has 0 fully saturated rings. The minimum absolute atomic E-state index is 0.107. The molecular formula is C12H10F3N3S. The first-order chi connectivity index (χ1) is 8.97. The van der Waals surface area contributed by atoms with Gasteiger partial charge >= 0.3 is 6.18 Å². The summed E-state index contributed by atoms with van der Waals surface area (Å²) < 4.78 is 37.4. The van der Waals surface area contributed by atoms with E-state index in [1.165, 1.54) is 17.8 Å².